The molecule has 0 radical (unpaired) electrons. The van der Waals surface area contributed by atoms with Crippen LogP contribution in [-0.2, 0) is 24.8 Å². The average Bonchev–Trinajstić information content (AvgIpc) is 2.95. The SMILES string of the molecule is Cn1c(=O)n(CC(=O)Nc2ccccc2Cc2ccccc2)c2ccccc21. The number of hydrogen-bond acceptors (Lipinski definition) is 2. The normalized spacial score (nSPS) is 10.9. The molecule has 3 aromatic carbocycles. The highest BCUT2D eigenvalue weighted by atomic mass is 16.2. The molecule has 5 nitrogen and oxygen atoms in total. The van der Waals surface area contributed by atoms with Crippen LogP contribution in [0.4, 0.5) is 5.69 Å². The third kappa shape index (κ3) is 3.47. The van der Waals surface area contributed by atoms with Gasteiger partial charge in [-0.3, -0.25) is 13.9 Å². The van der Waals surface area contributed by atoms with Crippen molar-refractivity contribution >= 4 is 22.6 Å². The van der Waals surface area contributed by atoms with Gasteiger partial charge in [-0.15, -0.1) is 0 Å². The predicted octanol–water partition coefficient (Wildman–Crippen LogP) is 3.57. The Morgan fingerprint density at radius 1 is 0.857 bits per heavy atom. The van der Waals surface area contributed by atoms with Crippen LogP contribution < -0.4 is 11.0 Å². The topological polar surface area (TPSA) is 56.0 Å². The Bertz CT molecular complexity index is 1190. The van der Waals surface area contributed by atoms with Crippen molar-refractivity contribution < 1.29 is 4.79 Å². The lowest BCUT2D eigenvalue weighted by molar-refractivity contribution is -0.116. The average molecular weight is 371 g/mol. The fourth-order valence-corrected chi connectivity index (χ4v) is 3.46. The fraction of sp³-hybridized carbons (Fsp3) is 0.130. The molecule has 0 aliphatic carbocycles. The molecule has 0 aliphatic rings. The number of amides is 1. The lowest BCUT2D eigenvalue weighted by Gasteiger charge is -2.12. The predicted molar refractivity (Wildman–Crippen MR) is 111 cm³/mol. The molecule has 1 N–H and O–H groups in total. The van der Waals surface area contributed by atoms with E-state index < -0.39 is 0 Å². The minimum absolute atomic E-state index is 0.0279. The number of hydrogen-bond donors (Lipinski definition) is 1. The van der Waals surface area contributed by atoms with Gasteiger partial charge in [0.2, 0.25) is 5.91 Å². The molecule has 4 aromatic rings. The summed E-state index contributed by atoms with van der Waals surface area (Å²) in [6.07, 6.45) is 0.728. The number of benzene rings is 3. The molecule has 1 heterocycles. The highest BCUT2D eigenvalue weighted by Gasteiger charge is 2.14. The number of rotatable bonds is 5. The van der Waals surface area contributed by atoms with Crippen molar-refractivity contribution in [1.29, 1.82) is 0 Å². The van der Waals surface area contributed by atoms with Crippen LogP contribution in [0, 0.1) is 0 Å². The summed E-state index contributed by atoms with van der Waals surface area (Å²) in [6, 6.07) is 25.4. The van der Waals surface area contributed by atoms with Crippen LogP contribution in [0.3, 0.4) is 0 Å². The van der Waals surface area contributed by atoms with Gasteiger partial charge in [0.1, 0.15) is 6.54 Å². The summed E-state index contributed by atoms with van der Waals surface area (Å²) >= 11 is 0. The third-order valence-corrected chi connectivity index (χ3v) is 4.88. The summed E-state index contributed by atoms with van der Waals surface area (Å²) in [5.74, 6) is -0.223. The third-order valence-electron chi connectivity index (χ3n) is 4.88. The second-order valence-electron chi connectivity index (χ2n) is 6.78. The van der Waals surface area contributed by atoms with Gasteiger partial charge in [0.05, 0.1) is 11.0 Å². The lowest BCUT2D eigenvalue weighted by Crippen LogP contribution is -2.28. The van der Waals surface area contributed by atoms with Crippen molar-refractivity contribution in [3.05, 3.63) is 100 Å². The monoisotopic (exact) mass is 371 g/mol. The number of anilines is 1. The zero-order valence-electron chi connectivity index (χ0n) is 15.6. The van der Waals surface area contributed by atoms with Crippen LogP contribution in [0.5, 0.6) is 0 Å². The molecule has 0 spiro atoms. The molecular weight excluding hydrogens is 350 g/mol. The van der Waals surface area contributed by atoms with E-state index in [1.807, 2.05) is 66.7 Å². The molecule has 0 bridgehead atoms. The van der Waals surface area contributed by atoms with Gasteiger partial charge in [0.25, 0.3) is 0 Å². The Balaban J connectivity index is 1.57. The quantitative estimate of drug-likeness (QED) is 0.583. The summed E-state index contributed by atoms with van der Waals surface area (Å²) in [6.45, 7) is -0.0279. The van der Waals surface area contributed by atoms with Gasteiger partial charge < -0.3 is 5.32 Å². The molecule has 28 heavy (non-hydrogen) atoms. The Labute approximate surface area is 162 Å². The summed E-state index contributed by atoms with van der Waals surface area (Å²) in [4.78, 5) is 25.2. The smallest absolute Gasteiger partial charge is 0.324 e. The van der Waals surface area contributed by atoms with Gasteiger partial charge in [-0.1, -0.05) is 60.7 Å². The van der Waals surface area contributed by atoms with E-state index >= 15 is 0 Å². The van der Waals surface area contributed by atoms with Gasteiger partial charge in [-0.25, -0.2) is 4.79 Å². The van der Waals surface area contributed by atoms with Crippen molar-refractivity contribution in [3.63, 3.8) is 0 Å². The van der Waals surface area contributed by atoms with Crippen LogP contribution in [0.2, 0.25) is 0 Å². The summed E-state index contributed by atoms with van der Waals surface area (Å²) in [5.41, 5.74) is 4.34. The van der Waals surface area contributed by atoms with E-state index in [0.717, 1.165) is 28.7 Å². The first kappa shape index (κ1) is 17.8. The van der Waals surface area contributed by atoms with Crippen LogP contribution in [0.1, 0.15) is 11.1 Å². The molecule has 0 saturated carbocycles. The standard InChI is InChI=1S/C23H21N3O2/c1-25-20-13-7-8-14-21(20)26(23(25)28)16-22(27)24-19-12-6-5-11-18(19)15-17-9-3-2-4-10-17/h2-14H,15-16H2,1H3,(H,24,27). The van der Waals surface area contributed by atoms with E-state index in [1.54, 1.807) is 11.6 Å². The van der Waals surface area contributed by atoms with E-state index in [1.165, 1.54) is 10.1 Å². The number of carbonyl (C=O) groups is 1. The molecule has 0 fully saturated rings. The maximum absolute atomic E-state index is 12.7. The zero-order chi connectivity index (χ0) is 19.5. The number of carbonyl (C=O) groups excluding carboxylic acids is 1. The van der Waals surface area contributed by atoms with Gasteiger partial charge in [0.15, 0.2) is 0 Å². The lowest BCUT2D eigenvalue weighted by atomic mass is 10.0. The number of imidazole rings is 1. The maximum atomic E-state index is 12.7. The number of para-hydroxylation sites is 3. The number of aryl methyl sites for hydroxylation is 1. The molecule has 5 heteroatoms. The van der Waals surface area contributed by atoms with Crippen molar-refractivity contribution in [1.82, 2.24) is 9.13 Å². The first-order chi connectivity index (χ1) is 13.6. The second kappa shape index (κ2) is 7.56. The number of nitrogens with one attached hydrogen (secondary N) is 1. The van der Waals surface area contributed by atoms with E-state index in [2.05, 4.69) is 17.4 Å². The second-order valence-corrected chi connectivity index (χ2v) is 6.78. The summed E-state index contributed by atoms with van der Waals surface area (Å²) in [7, 11) is 1.72. The van der Waals surface area contributed by atoms with Crippen molar-refractivity contribution in [2.24, 2.45) is 7.05 Å². The van der Waals surface area contributed by atoms with E-state index in [9.17, 15) is 9.59 Å². The molecular formula is C23H21N3O2. The van der Waals surface area contributed by atoms with Crippen molar-refractivity contribution in [2.45, 2.75) is 13.0 Å². The van der Waals surface area contributed by atoms with E-state index in [0.29, 0.717) is 0 Å². The highest BCUT2D eigenvalue weighted by molar-refractivity contribution is 5.92. The molecule has 0 unspecified atom stereocenters. The maximum Gasteiger partial charge on any atom is 0.329 e. The molecule has 0 aliphatic heterocycles. The summed E-state index contributed by atoms with van der Waals surface area (Å²) < 4.78 is 3.07. The zero-order valence-corrected chi connectivity index (χ0v) is 15.6. The van der Waals surface area contributed by atoms with Crippen LogP contribution in [-0.4, -0.2) is 15.0 Å². The summed E-state index contributed by atoms with van der Waals surface area (Å²) in [5, 5.41) is 2.97. The van der Waals surface area contributed by atoms with E-state index in [-0.39, 0.29) is 18.1 Å². The van der Waals surface area contributed by atoms with Gasteiger partial charge in [0, 0.05) is 12.7 Å². The van der Waals surface area contributed by atoms with E-state index in [4.69, 9.17) is 0 Å². The first-order valence-electron chi connectivity index (χ1n) is 9.19. The fourth-order valence-electron chi connectivity index (χ4n) is 3.46. The minimum atomic E-state index is -0.223. The molecule has 1 aromatic heterocycles. The molecule has 4 rings (SSSR count). The van der Waals surface area contributed by atoms with Gasteiger partial charge >= 0.3 is 5.69 Å². The minimum Gasteiger partial charge on any atom is -0.324 e. The Hall–Kier alpha value is -3.60. The van der Waals surface area contributed by atoms with Gasteiger partial charge in [-0.05, 0) is 35.7 Å². The van der Waals surface area contributed by atoms with Gasteiger partial charge in [-0.2, -0.15) is 0 Å². The number of fused-ring (bicyclic) bond motifs is 1. The first-order valence-corrected chi connectivity index (χ1v) is 9.19. The number of aromatic nitrogens is 2. The Morgan fingerprint density at radius 3 is 2.29 bits per heavy atom. The van der Waals surface area contributed by atoms with Crippen molar-refractivity contribution in [2.75, 3.05) is 5.32 Å². The number of nitrogens with zero attached hydrogens (tertiary/aromatic N) is 2. The van der Waals surface area contributed by atoms with Crippen molar-refractivity contribution in [3.8, 4) is 0 Å². The molecule has 140 valence electrons. The Kier molecular flexibility index (Phi) is 4.81. The van der Waals surface area contributed by atoms with Crippen LogP contribution >= 0.6 is 0 Å². The Morgan fingerprint density at radius 2 is 1.50 bits per heavy atom. The largest absolute Gasteiger partial charge is 0.329 e. The molecule has 0 atom stereocenters. The van der Waals surface area contributed by atoms with Crippen LogP contribution in [0.25, 0.3) is 11.0 Å². The molecule has 0 saturated heterocycles. The molecule has 1 amide bonds. The van der Waals surface area contributed by atoms with Crippen LogP contribution in [0.15, 0.2) is 83.7 Å². The highest BCUT2D eigenvalue weighted by Crippen LogP contribution is 2.19.